The Bertz CT molecular complexity index is 416. The molecule has 0 aliphatic carbocycles. The van der Waals surface area contributed by atoms with Gasteiger partial charge in [-0.05, 0) is 17.7 Å². The molecule has 0 aliphatic heterocycles. The van der Waals surface area contributed by atoms with Crippen LogP contribution in [0.5, 0.6) is 0 Å². The van der Waals surface area contributed by atoms with Crippen molar-refractivity contribution in [1.29, 1.82) is 0 Å². The van der Waals surface area contributed by atoms with Gasteiger partial charge in [0, 0.05) is 11.9 Å². The van der Waals surface area contributed by atoms with Crippen molar-refractivity contribution in [3.05, 3.63) is 42.2 Å². The summed E-state index contributed by atoms with van der Waals surface area (Å²) in [7, 11) is 0. The molecule has 0 unspecified atom stereocenters. The van der Waals surface area contributed by atoms with Gasteiger partial charge in [-0.2, -0.15) is 5.10 Å². The molecule has 2 aromatic rings. The third-order valence-electron chi connectivity index (χ3n) is 1.98. The van der Waals surface area contributed by atoms with Crippen LogP contribution in [-0.4, -0.2) is 9.78 Å². The Kier molecular flexibility index (Phi) is 2.10. The molecule has 14 heavy (non-hydrogen) atoms. The Morgan fingerprint density at radius 3 is 2.36 bits per heavy atom. The molecule has 0 saturated heterocycles. The van der Waals surface area contributed by atoms with E-state index in [1.54, 1.807) is 17.1 Å². The summed E-state index contributed by atoms with van der Waals surface area (Å²) in [6, 6.07) is 7.71. The first kappa shape index (κ1) is 8.62. The van der Waals surface area contributed by atoms with Gasteiger partial charge < -0.3 is 11.5 Å². The minimum Gasteiger partial charge on any atom is -0.399 e. The Hall–Kier alpha value is -1.97. The van der Waals surface area contributed by atoms with Gasteiger partial charge in [0.05, 0.1) is 18.4 Å². The molecule has 1 aromatic heterocycles. The minimum absolute atomic E-state index is 0.681. The van der Waals surface area contributed by atoms with E-state index in [9.17, 15) is 0 Å². The molecular formula is C10H12N4. The highest BCUT2D eigenvalue weighted by Gasteiger charge is 1.96. The van der Waals surface area contributed by atoms with Crippen LogP contribution in [0.3, 0.4) is 0 Å². The molecular weight excluding hydrogens is 176 g/mol. The van der Waals surface area contributed by atoms with E-state index in [0.29, 0.717) is 5.69 Å². The number of anilines is 2. The van der Waals surface area contributed by atoms with Gasteiger partial charge in [0.1, 0.15) is 0 Å². The van der Waals surface area contributed by atoms with Crippen LogP contribution in [0.2, 0.25) is 0 Å². The zero-order valence-electron chi connectivity index (χ0n) is 7.72. The second kappa shape index (κ2) is 3.41. The van der Waals surface area contributed by atoms with Crippen molar-refractivity contribution in [1.82, 2.24) is 9.78 Å². The molecule has 0 bridgehead atoms. The molecule has 0 amide bonds. The highest BCUT2D eigenvalue weighted by Crippen LogP contribution is 2.07. The van der Waals surface area contributed by atoms with Crippen molar-refractivity contribution < 1.29 is 0 Å². The van der Waals surface area contributed by atoms with E-state index in [2.05, 4.69) is 5.10 Å². The van der Waals surface area contributed by atoms with Crippen molar-refractivity contribution in [2.45, 2.75) is 6.54 Å². The maximum atomic E-state index is 5.58. The summed E-state index contributed by atoms with van der Waals surface area (Å²) in [6.45, 7) is 0.720. The van der Waals surface area contributed by atoms with E-state index in [1.807, 2.05) is 24.3 Å². The van der Waals surface area contributed by atoms with Gasteiger partial charge in [0.25, 0.3) is 0 Å². The standard InChI is InChI=1S/C10H12N4/c11-9-3-1-8(2-4-9)6-14-7-10(12)5-13-14/h1-5,7H,6,11-12H2. The van der Waals surface area contributed by atoms with Gasteiger partial charge in [-0.3, -0.25) is 4.68 Å². The fraction of sp³-hybridized carbons (Fsp3) is 0.100. The summed E-state index contributed by atoms with van der Waals surface area (Å²) in [5.74, 6) is 0. The second-order valence-electron chi connectivity index (χ2n) is 3.21. The SMILES string of the molecule is Nc1ccc(Cn2cc(N)cn2)cc1. The molecule has 0 saturated carbocycles. The first-order valence-corrected chi connectivity index (χ1v) is 4.36. The van der Waals surface area contributed by atoms with Crippen LogP contribution >= 0.6 is 0 Å². The van der Waals surface area contributed by atoms with Gasteiger partial charge in [-0.25, -0.2) is 0 Å². The maximum absolute atomic E-state index is 5.58. The topological polar surface area (TPSA) is 69.9 Å². The van der Waals surface area contributed by atoms with Gasteiger partial charge in [-0.1, -0.05) is 12.1 Å². The Labute approximate surface area is 82.1 Å². The van der Waals surface area contributed by atoms with Crippen LogP contribution in [0.25, 0.3) is 0 Å². The Morgan fingerprint density at radius 2 is 1.79 bits per heavy atom. The predicted molar refractivity (Wildman–Crippen MR) is 56.6 cm³/mol. The van der Waals surface area contributed by atoms with Crippen molar-refractivity contribution in [3.63, 3.8) is 0 Å². The summed E-state index contributed by atoms with van der Waals surface area (Å²) in [5, 5.41) is 4.09. The van der Waals surface area contributed by atoms with Gasteiger partial charge in [-0.15, -0.1) is 0 Å². The molecule has 0 fully saturated rings. The average Bonchev–Trinajstić information content (AvgIpc) is 2.56. The lowest BCUT2D eigenvalue weighted by atomic mass is 10.2. The first-order valence-electron chi connectivity index (χ1n) is 4.36. The van der Waals surface area contributed by atoms with E-state index < -0.39 is 0 Å². The molecule has 1 aromatic carbocycles. The zero-order valence-corrected chi connectivity index (χ0v) is 7.72. The largest absolute Gasteiger partial charge is 0.399 e. The molecule has 1 heterocycles. The van der Waals surface area contributed by atoms with E-state index in [0.717, 1.165) is 17.8 Å². The molecule has 72 valence electrons. The molecule has 2 rings (SSSR count). The van der Waals surface area contributed by atoms with Crippen molar-refractivity contribution in [2.24, 2.45) is 0 Å². The summed E-state index contributed by atoms with van der Waals surface area (Å²) in [5.41, 5.74) is 13.7. The molecule has 0 atom stereocenters. The van der Waals surface area contributed by atoms with Gasteiger partial charge in [0.15, 0.2) is 0 Å². The van der Waals surface area contributed by atoms with Crippen LogP contribution in [0, 0.1) is 0 Å². The number of nitrogens with zero attached hydrogens (tertiary/aromatic N) is 2. The maximum Gasteiger partial charge on any atom is 0.0719 e. The van der Waals surface area contributed by atoms with E-state index >= 15 is 0 Å². The van der Waals surface area contributed by atoms with Crippen LogP contribution in [-0.2, 0) is 6.54 Å². The number of rotatable bonds is 2. The van der Waals surface area contributed by atoms with Crippen LogP contribution in [0.4, 0.5) is 11.4 Å². The fourth-order valence-electron chi connectivity index (χ4n) is 1.28. The molecule has 4 nitrogen and oxygen atoms in total. The first-order chi connectivity index (χ1) is 6.74. The lowest BCUT2D eigenvalue weighted by molar-refractivity contribution is 0.687. The normalized spacial score (nSPS) is 10.3. The zero-order chi connectivity index (χ0) is 9.97. The minimum atomic E-state index is 0.681. The quantitative estimate of drug-likeness (QED) is 0.693. The van der Waals surface area contributed by atoms with Gasteiger partial charge >= 0.3 is 0 Å². The number of nitrogen functional groups attached to an aromatic ring is 2. The average molecular weight is 188 g/mol. The summed E-state index contributed by atoms with van der Waals surface area (Å²) in [4.78, 5) is 0. The van der Waals surface area contributed by atoms with E-state index in [4.69, 9.17) is 11.5 Å². The lowest BCUT2D eigenvalue weighted by Gasteiger charge is -2.01. The number of nitrogens with two attached hydrogens (primary N) is 2. The Morgan fingerprint density at radius 1 is 1.07 bits per heavy atom. The summed E-state index contributed by atoms with van der Waals surface area (Å²) < 4.78 is 1.79. The number of aromatic nitrogens is 2. The summed E-state index contributed by atoms with van der Waals surface area (Å²) in [6.07, 6.45) is 3.44. The predicted octanol–water partition coefficient (Wildman–Crippen LogP) is 1.10. The number of benzene rings is 1. The van der Waals surface area contributed by atoms with Gasteiger partial charge in [0.2, 0.25) is 0 Å². The van der Waals surface area contributed by atoms with Crippen LogP contribution in [0.1, 0.15) is 5.56 Å². The van der Waals surface area contributed by atoms with Crippen molar-refractivity contribution in [2.75, 3.05) is 11.5 Å². The fourth-order valence-corrected chi connectivity index (χ4v) is 1.28. The summed E-state index contributed by atoms with van der Waals surface area (Å²) >= 11 is 0. The second-order valence-corrected chi connectivity index (χ2v) is 3.21. The molecule has 0 spiro atoms. The van der Waals surface area contributed by atoms with Crippen LogP contribution < -0.4 is 11.5 Å². The van der Waals surface area contributed by atoms with E-state index in [1.165, 1.54) is 0 Å². The van der Waals surface area contributed by atoms with Crippen LogP contribution in [0.15, 0.2) is 36.7 Å². The highest BCUT2D eigenvalue weighted by molar-refractivity contribution is 5.39. The molecule has 4 heteroatoms. The highest BCUT2D eigenvalue weighted by atomic mass is 15.3. The molecule has 0 aliphatic rings. The number of hydrogen-bond donors (Lipinski definition) is 2. The van der Waals surface area contributed by atoms with Crippen molar-refractivity contribution >= 4 is 11.4 Å². The Balaban J connectivity index is 2.15. The lowest BCUT2D eigenvalue weighted by Crippen LogP contribution is -1.99. The van der Waals surface area contributed by atoms with Crippen molar-refractivity contribution in [3.8, 4) is 0 Å². The van der Waals surface area contributed by atoms with E-state index in [-0.39, 0.29) is 0 Å². The number of hydrogen-bond acceptors (Lipinski definition) is 3. The molecule has 0 radical (unpaired) electrons. The third-order valence-corrected chi connectivity index (χ3v) is 1.98. The molecule has 4 N–H and O–H groups in total. The third kappa shape index (κ3) is 1.85. The monoisotopic (exact) mass is 188 g/mol. The smallest absolute Gasteiger partial charge is 0.0719 e.